The molecule has 27 heavy (non-hydrogen) atoms. The maximum absolute atomic E-state index is 12.2. The van der Waals surface area contributed by atoms with E-state index >= 15 is 0 Å². The summed E-state index contributed by atoms with van der Waals surface area (Å²) in [6, 6.07) is 14.0. The molecule has 6 heteroatoms. The van der Waals surface area contributed by atoms with Crippen molar-refractivity contribution in [2.75, 3.05) is 11.1 Å². The molecule has 0 spiro atoms. The number of phenols is 1. The molecule has 0 radical (unpaired) electrons. The van der Waals surface area contributed by atoms with Gasteiger partial charge in [0.15, 0.2) is 5.82 Å². The number of nitrogens with zero attached hydrogens (tertiary/aromatic N) is 2. The van der Waals surface area contributed by atoms with E-state index in [-0.39, 0.29) is 17.6 Å². The zero-order chi connectivity index (χ0) is 19.4. The highest BCUT2D eigenvalue weighted by atomic mass is 16.3. The Kier molecular flexibility index (Phi) is 5.35. The van der Waals surface area contributed by atoms with Crippen LogP contribution in [0.1, 0.15) is 20.3 Å². The first-order valence-electron chi connectivity index (χ1n) is 8.74. The minimum absolute atomic E-state index is 0.112. The van der Waals surface area contributed by atoms with Crippen LogP contribution in [-0.2, 0) is 4.79 Å². The Hall–Kier alpha value is -3.41. The number of carbonyl (C=O) groups excluding carboxylic acids is 1. The van der Waals surface area contributed by atoms with E-state index in [9.17, 15) is 9.90 Å². The highest BCUT2D eigenvalue weighted by Gasteiger charge is 2.15. The summed E-state index contributed by atoms with van der Waals surface area (Å²) >= 11 is 0. The van der Waals surface area contributed by atoms with Crippen molar-refractivity contribution in [3.8, 4) is 28.3 Å². The largest absolute Gasteiger partial charge is 0.508 e. The van der Waals surface area contributed by atoms with Crippen LogP contribution in [0.4, 0.5) is 11.5 Å². The van der Waals surface area contributed by atoms with Gasteiger partial charge in [-0.25, -0.2) is 9.97 Å². The van der Waals surface area contributed by atoms with E-state index in [0.717, 1.165) is 11.1 Å². The lowest BCUT2D eigenvalue weighted by Gasteiger charge is -2.12. The quantitative estimate of drug-likeness (QED) is 0.594. The number of aromatic nitrogens is 2. The van der Waals surface area contributed by atoms with E-state index < -0.39 is 0 Å². The first-order chi connectivity index (χ1) is 12.9. The Morgan fingerprint density at radius 3 is 2.33 bits per heavy atom. The molecule has 0 atom stereocenters. The third-order valence-corrected chi connectivity index (χ3v) is 3.97. The second-order valence-corrected chi connectivity index (χ2v) is 6.77. The fourth-order valence-corrected chi connectivity index (χ4v) is 2.65. The molecule has 1 amide bonds. The average molecular weight is 362 g/mol. The molecule has 0 saturated heterocycles. The summed E-state index contributed by atoms with van der Waals surface area (Å²) < 4.78 is 0. The number of nitrogens with one attached hydrogen (secondary N) is 1. The van der Waals surface area contributed by atoms with Crippen LogP contribution in [0.5, 0.6) is 5.75 Å². The maximum atomic E-state index is 12.2. The number of aromatic hydroxyl groups is 1. The van der Waals surface area contributed by atoms with Crippen LogP contribution in [0.2, 0.25) is 0 Å². The van der Waals surface area contributed by atoms with Gasteiger partial charge in [-0.2, -0.15) is 0 Å². The predicted molar refractivity (Wildman–Crippen MR) is 107 cm³/mol. The molecule has 0 aliphatic carbocycles. The second-order valence-electron chi connectivity index (χ2n) is 6.77. The normalized spacial score (nSPS) is 10.8. The van der Waals surface area contributed by atoms with Gasteiger partial charge in [0.05, 0.1) is 11.9 Å². The number of nitrogens with two attached hydrogens (primary N) is 1. The first-order valence-corrected chi connectivity index (χ1v) is 8.74. The second kappa shape index (κ2) is 7.86. The van der Waals surface area contributed by atoms with Gasteiger partial charge >= 0.3 is 0 Å². The molecule has 0 bridgehead atoms. The van der Waals surface area contributed by atoms with Gasteiger partial charge in [-0.15, -0.1) is 0 Å². The average Bonchev–Trinajstić information content (AvgIpc) is 2.63. The fraction of sp³-hybridized carbons (Fsp3) is 0.190. The summed E-state index contributed by atoms with van der Waals surface area (Å²) in [4.78, 5) is 21.4. The number of carbonyl (C=O) groups is 1. The van der Waals surface area contributed by atoms with Crippen molar-refractivity contribution in [2.24, 2.45) is 5.92 Å². The van der Waals surface area contributed by atoms with Gasteiger partial charge in [0.25, 0.3) is 0 Å². The lowest BCUT2D eigenvalue weighted by Crippen LogP contribution is -2.16. The predicted octanol–water partition coefficient (Wildman–Crippen LogP) is 4.08. The van der Waals surface area contributed by atoms with Crippen LogP contribution in [0.25, 0.3) is 22.5 Å². The lowest BCUT2D eigenvalue weighted by molar-refractivity contribution is -0.116. The summed E-state index contributed by atoms with van der Waals surface area (Å²) in [5.74, 6) is 0.682. The van der Waals surface area contributed by atoms with Crippen molar-refractivity contribution in [1.29, 1.82) is 0 Å². The molecule has 1 aromatic heterocycles. The zero-order valence-corrected chi connectivity index (χ0v) is 15.3. The molecule has 6 nitrogen and oxygen atoms in total. The van der Waals surface area contributed by atoms with Gasteiger partial charge in [0.1, 0.15) is 11.4 Å². The number of amides is 1. The van der Waals surface area contributed by atoms with E-state index in [0.29, 0.717) is 29.3 Å². The molecule has 0 aliphatic heterocycles. The van der Waals surface area contributed by atoms with Gasteiger partial charge in [-0.1, -0.05) is 26.0 Å². The highest BCUT2D eigenvalue weighted by Crippen LogP contribution is 2.29. The van der Waals surface area contributed by atoms with E-state index in [1.807, 2.05) is 26.0 Å². The number of phenolic OH excluding ortho intramolecular Hbond substituents is 1. The lowest BCUT2D eigenvalue weighted by atomic mass is 10.1. The van der Waals surface area contributed by atoms with Crippen molar-refractivity contribution >= 4 is 17.4 Å². The monoisotopic (exact) mass is 362 g/mol. The molecule has 0 saturated carbocycles. The highest BCUT2D eigenvalue weighted by molar-refractivity contribution is 5.93. The van der Waals surface area contributed by atoms with Gasteiger partial charge in [-0.05, 0) is 42.3 Å². The number of hydrogen-bond acceptors (Lipinski definition) is 5. The Labute approximate surface area is 158 Å². The van der Waals surface area contributed by atoms with Crippen molar-refractivity contribution in [1.82, 2.24) is 9.97 Å². The van der Waals surface area contributed by atoms with Gasteiger partial charge < -0.3 is 16.2 Å². The number of benzene rings is 2. The number of hydrogen-bond donors (Lipinski definition) is 3. The standard InChI is InChI=1S/C21H22N4O2/c1-13(2)11-19(27)25-21-20(15-5-9-17(26)10-6-15)24-18(12-23-21)14-3-7-16(22)8-4-14/h3-10,12-13,26H,11,22H2,1-2H3,(H,23,25,27). The molecule has 138 valence electrons. The van der Waals surface area contributed by atoms with Crippen LogP contribution in [0, 0.1) is 5.92 Å². The molecular weight excluding hydrogens is 340 g/mol. The molecule has 3 aromatic rings. The van der Waals surface area contributed by atoms with Crippen LogP contribution in [0.3, 0.4) is 0 Å². The Morgan fingerprint density at radius 1 is 1.07 bits per heavy atom. The van der Waals surface area contributed by atoms with Crippen molar-refractivity contribution in [3.63, 3.8) is 0 Å². The summed E-state index contributed by atoms with van der Waals surface area (Å²) in [5, 5.41) is 12.4. The SMILES string of the molecule is CC(C)CC(=O)Nc1ncc(-c2ccc(N)cc2)nc1-c1ccc(O)cc1. The van der Waals surface area contributed by atoms with Crippen LogP contribution in [0.15, 0.2) is 54.7 Å². The van der Waals surface area contributed by atoms with Crippen LogP contribution >= 0.6 is 0 Å². The third-order valence-electron chi connectivity index (χ3n) is 3.97. The van der Waals surface area contributed by atoms with E-state index in [1.54, 1.807) is 42.6 Å². The molecule has 0 aliphatic rings. The van der Waals surface area contributed by atoms with E-state index in [4.69, 9.17) is 10.7 Å². The Balaban J connectivity index is 2.03. The summed E-state index contributed by atoms with van der Waals surface area (Å²) in [6.07, 6.45) is 2.02. The Bertz CT molecular complexity index is 935. The van der Waals surface area contributed by atoms with Gasteiger partial charge in [-0.3, -0.25) is 4.79 Å². The van der Waals surface area contributed by atoms with Gasteiger partial charge in [0, 0.05) is 23.2 Å². The third kappa shape index (κ3) is 4.61. The number of nitrogen functional groups attached to an aromatic ring is 1. The van der Waals surface area contributed by atoms with Crippen molar-refractivity contribution in [2.45, 2.75) is 20.3 Å². The topological polar surface area (TPSA) is 101 Å². The van der Waals surface area contributed by atoms with Crippen LogP contribution in [-0.4, -0.2) is 21.0 Å². The molecule has 1 heterocycles. The fourth-order valence-electron chi connectivity index (χ4n) is 2.65. The van der Waals surface area contributed by atoms with E-state index in [1.165, 1.54) is 0 Å². The maximum Gasteiger partial charge on any atom is 0.225 e. The zero-order valence-electron chi connectivity index (χ0n) is 15.3. The molecule has 2 aromatic carbocycles. The summed E-state index contributed by atoms with van der Waals surface area (Å²) in [5.41, 5.74) is 9.25. The Morgan fingerprint density at radius 2 is 1.70 bits per heavy atom. The minimum atomic E-state index is -0.112. The molecule has 4 N–H and O–H groups in total. The molecule has 3 rings (SSSR count). The number of anilines is 2. The summed E-state index contributed by atoms with van der Waals surface area (Å²) in [7, 11) is 0. The minimum Gasteiger partial charge on any atom is -0.508 e. The summed E-state index contributed by atoms with van der Waals surface area (Å²) in [6.45, 7) is 3.96. The van der Waals surface area contributed by atoms with Crippen molar-refractivity contribution < 1.29 is 9.90 Å². The van der Waals surface area contributed by atoms with Crippen LogP contribution < -0.4 is 11.1 Å². The first kappa shape index (κ1) is 18.4. The molecule has 0 unspecified atom stereocenters. The molecular formula is C21H22N4O2. The molecule has 0 fully saturated rings. The van der Waals surface area contributed by atoms with Gasteiger partial charge in [0.2, 0.25) is 5.91 Å². The number of rotatable bonds is 5. The van der Waals surface area contributed by atoms with Crippen molar-refractivity contribution in [3.05, 3.63) is 54.7 Å². The van der Waals surface area contributed by atoms with E-state index in [2.05, 4.69) is 10.3 Å². The smallest absolute Gasteiger partial charge is 0.225 e.